The van der Waals surface area contributed by atoms with Crippen LogP contribution in [0.15, 0.2) is 115 Å². The van der Waals surface area contributed by atoms with E-state index in [1.54, 1.807) is 0 Å². The van der Waals surface area contributed by atoms with Gasteiger partial charge in [-0.05, 0) is 66.6 Å². The summed E-state index contributed by atoms with van der Waals surface area (Å²) >= 11 is 0. The standard InChI is InChI=1S/C25H24N2/c1-3-5-9-22(4-2)26-24-16-12-20(13-17-24)21-14-18-25(19-15-21)27-23-10-7-6-8-11-23/h3-19,26-27H,2H2,1H3/b5-3-,22-9+. The third-order valence-electron chi connectivity index (χ3n) is 4.14. The van der Waals surface area contributed by atoms with Crippen LogP contribution in [-0.4, -0.2) is 0 Å². The van der Waals surface area contributed by atoms with Crippen molar-refractivity contribution in [2.45, 2.75) is 6.92 Å². The van der Waals surface area contributed by atoms with Crippen molar-refractivity contribution in [1.29, 1.82) is 0 Å². The van der Waals surface area contributed by atoms with Crippen molar-refractivity contribution in [2.75, 3.05) is 10.6 Å². The first-order valence-electron chi connectivity index (χ1n) is 9.03. The zero-order valence-corrected chi connectivity index (χ0v) is 15.5. The molecule has 0 saturated carbocycles. The Bertz CT molecular complexity index is 918. The van der Waals surface area contributed by atoms with Crippen molar-refractivity contribution in [3.05, 3.63) is 115 Å². The summed E-state index contributed by atoms with van der Waals surface area (Å²) in [6.45, 7) is 5.84. The van der Waals surface area contributed by atoms with E-state index in [0.717, 1.165) is 22.8 Å². The lowest BCUT2D eigenvalue weighted by Gasteiger charge is -2.10. The normalized spacial score (nSPS) is 11.4. The Kier molecular flexibility index (Phi) is 6.26. The maximum atomic E-state index is 3.84. The molecule has 0 heterocycles. The summed E-state index contributed by atoms with van der Waals surface area (Å²) in [4.78, 5) is 0. The summed E-state index contributed by atoms with van der Waals surface area (Å²) in [5.41, 5.74) is 6.55. The highest BCUT2D eigenvalue weighted by Crippen LogP contribution is 2.25. The van der Waals surface area contributed by atoms with Gasteiger partial charge in [-0.15, -0.1) is 0 Å². The molecule has 27 heavy (non-hydrogen) atoms. The van der Waals surface area contributed by atoms with Gasteiger partial charge in [-0.1, -0.05) is 61.2 Å². The van der Waals surface area contributed by atoms with E-state index >= 15 is 0 Å². The molecule has 0 atom stereocenters. The number of rotatable bonds is 7. The molecule has 0 saturated heterocycles. The van der Waals surface area contributed by atoms with Gasteiger partial charge in [0.1, 0.15) is 0 Å². The Morgan fingerprint density at radius 2 is 1.30 bits per heavy atom. The van der Waals surface area contributed by atoms with E-state index < -0.39 is 0 Å². The van der Waals surface area contributed by atoms with Gasteiger partial charge in [0.2, 0.25) is 0 Å². The molecule has 0 bridgehead atoms. The number of allylic oxidation sites excluding steroid dienone is 4. The van der Waals surface area contributed by atoms with Crippen LogP contribution in [0.1, 0.15) is 6.92 Å². The van der Waals surface area contributed by atoms with Crippen molar-refractivity contribution >= 4 is 17.1 Å². The third-order valence-corrected chi connectivity index (χ3v) is 4.14. The molecule has 0 aliphatic heterocycles. The summed E-state index contributed by atoms with van der Waals surface area (Å²) < 4.78 is 0. The van der Waals surface area contributed by atoms with Crippen LogP contribution in [-0.2, 0) is 0 Å². The second-order valence-corrected chi connectivity index (χ2v) is 6.12. The number of hydrogen-bond acceptors (Lipinski definition) is 2. The summed E-state index contributed by atoms with van der Waals surface area (Å²) in [6.07, 6.45) is 7.79. The van der Waals surface area contributed by atoms with Gasteiger partial charge < -0.3 is 10.6 Å². The number of nitrogens with one attached hydrogen (secondary N) is 2. The Morgan fingerprint density at radius 3 is 1.85 bits per heavy atom. The van der Waals surface area contributed by atoms with Crippen LogP contribution in [0, 0.1) is 0 Å². The van der Waals surface area contributed by atoms with E-state index in [0.29, 0.717) is 0 Å². The Labute approximate surface area is 161 Å². The summed E-state index contributed by atoms with van der Waals surface area (Å²) in [6, 6.07) is 27.1. The molecule has 0 spiro atoms. The van der Waals surface area contributed by atoms with Gasteiger partial charge in [0.25, 0.3) is 0 Å². The number of hydrogen-bond donors (Lipinski definition) is 2. The lowest BCUT2D eigenvalue weighted by atomic mass is 10.0. The van der Waals surface area contributed by atoms with Gasteiger partial charge >= 0.3 is 0 Å². The van der Waals surface area contributed by atoms with E-state index in [-0.39, 0.29) is 0 Å². The quantitative estimate of drug-likeness (QED) is 0.441. The predicted octanol–water partition coefficient (Wildman–Crippen LogP) is 7.16. The molecule has 2 N–H and O–H groups in total. The average Bonchev–Trinajstić information content (AvgIpc) is 2.73. The maximum absolute atomic E-state index is 3.84. The topological polar surface area (TPSA) is 24.1 Å². The highest BCUT2D eigenvalue weighted by atomic mass is 14.9. The van der Waals surface area contributed by atoms with Crippen LogP contribution in [0.2, 0.25) is 0 Å². The minimum absolute atomic E-state index is 0.970. The Hall–Kier alpha value is -3.52. The van der Waals surface area contributed by atoms with E-state index in [9.17, 15) is 0 Å². The second kappa shape index (κ2) is 9.25. The molecule has 0 unspecified atom stereocenters. The molecule has 0 aliphatic carbocycles. The van der Waals surface area contributed by atoms with Crippen molar-refractivity contribution in [3.63, 3.8) is 0 Å². The van der Waals surface area contributed by atoms with E-state index in [4.69, 9.17) is 0 Å². The largest absolute Gasteiger partial charge is 0.356 e. The van der Waals surface area contributed by atoms with Crippen LogP contribution in [0.4, 0.5) is 17.1 Å². The van der Waals surface area contributed by atoms with Gasteiger partial charge in [-0.2, -0.15) is 0 Å². The molecule has 0 aliphatic rings. The molecule has 2 nitrogen and oxygen atoms in total. The van der Waals surface area contributed by atoms with E-state index in [2.05, 4.69) is 77.9 Å². The number of para-hydroxylation sites is 1. The third kappa shape index (κ3) is 5.23. The van der Waals surface area contributed by atoms with Gasteiger partial charge in [0, 0.05) is 22.8 Å². The smallest absolute Gasteiger partial charge is 0.0384 e. The minimum Gasteiger partial charge on any atom is -0.356 e. The molecule has 3 aromatic rings. The SMILES string of the molecule is C=C/C(=C\C=C/C)Nc1ccc(-c2ccc(Nc3ccccc3)cc2)cc1. The highest BCUT2D eigenvalue weighted by Gasteiger charge is 2.00. The zero-order valence-electron chi connectivity index (χ0n) is 15.5. The number of benzene rings is 3. The molecule has 0 fully saturated rings. The molecule has 3 rings (SSSR count). The van der Waals surface area contributed by atoms with Crippen LogP contribution in [0.5, 0.6) is 0 Å². The molecule has 2 heteroatoms. The molecular weight excluding hydrogens is 328 g/mol. The van der Waals surface area contributed by atoms with Gasteiger partial charge in [0.05, 0.1) is 0 Å². The first-order chi connectivity index (χ1) is 13.3. The molecule has 0 amide bonds. The Balaban J connectivity index is 1.69. The van der Waals surface area contributed by atoms with Crippen LogP contribution in [0.3, 0.4) is 0 Å². The fraction of sp³-hybridized carbons (Fsp3) is 0.0400. The van der Waals surface area contributed by atoms with E-state index in [1.807, 2.05) is 49.4 Å². The first kappa shape index (κ1) is 18.3. The molecule has 134 valence electrons. The number of anilines is 3. The van der Waals surface area contributed by atoms with Crippen molar-refractivity contribution in [2.24, 2.45) is 0 Å². The van der Waals surface area contributed by atoms with Gasteiger partial charge in [-0.3, -0.25) is 0 Å². The molecule has 3 aromatic carbocycles. The summed E-state index contributed by atoms with van der Waals surface area (Å²) in [7, 11) is 0. The molecular formula is C25H24N2. The van der Waals surface area contributed by atoms with Gasteiger partial charge in [0.15, 0.2) is 0 Å². The van der Waals surface area contributed by atoms with Crippen molar-refractivity contribution in [3.8, 4) is 11.1 Å². The Morgan fingerprint density at radius 1 is 0.741 bits per heavy atom. The second-order valence-electron chi connectivity index (χ2n) is 6.12. The fourth-order valence-corrected chi connectivity index (χ4v) is 2.71. The lowest BCUT2D eigenvalue weighted by molar-refractivity contribution is 1.47. The summed E-state index contributed by atoms with van der Waals surface area (Å²) in [5, 5.41) is 6.77. The summed E-state index contributed by atoms with van der Waals surface area (Å²) in [5.74, 6) is 0. The minimum atomic E-state index is 0.970. The zero-order chi connectivity index (χ0) is 18.9. The maximum Gasteiger partial charge on any atom is 0.0384 e. The predicted molar refractivity (Wildman–Crippen MR) is 118 cm³/mol. The molecule has 0 radical (unpaired) electrons. The van der Waals surface area contributed by atoms with Gasteiger partial charge in [-0.25, -0.2) is 0 Å². The first-order valence-corrected chi connectivity index (χ1v) is 9.03. The highest BCUT2D eigenvalue weighted by molar-refractivity contribution is 5.70. The van der Waals surface area contributed by atoms with Crippen LogP contribution >= 0.6 is 0 Å². The average molecular weight is 352 g/mol. The van der Waals surface area contributed by atoms with Crippen LogP contribution in [0.25, 0.3) is 11.1 Å². The fourth-order valence-electron chi connectivity index (χ4n) is 2.71. The van der Waals surface area contributed by atoms with Crippen molar-refractivity contribution in [1.82, 2.24) is 0 Å². The monoisotopic (exact) mass is 352 g/mol. The lowest BCUT2D eigenvalue weighted by Crippen LogP contribution is -1.95. The van der Waals surface area contributed by atoms with Crippen LogP contribution < -0.4 is 10.6 Å². The van der Waals surface area contributed by atoms with Crippen molar-refractivity contribution < 1.29 is 0 Å². The van der Waals surface area contributed by atoms with E-state index in [1.165, 1.54) is 11.1 Å². The molecule has 0 aromatic heterocycles.